The zero-order valence-electron chi connectivity index (χ0n) is 10.9. The lowest BCUT2D eigenvalue weighted by Crippen LogP contribution is -2.22. The summed E-state index contributed by atoms with van der Waals surface area (Å²) in [4.78, 5) is 17.3. The van der Waals surface area contributed by atoms with Gasteiger partial charge < -0.3 is 0 Å². The first-order valence-electron chi connectivity index (χ1n) is 6.12. The van der Waals surface area contributed by atoms with E-state index in [1.165, 1.54) is 4.57 Å². The van der Waals surface area contributed by atoms with Crippen LogP contribution < -0.4 is 5.56 Å². The molecule has 106 valence electrons. The number of hydrogen-bond donors (Lipinski definition) is 0. The van der Waals surface area contributed by atoms with Gasteiger partial charge in [0.05, 0.1) is 21.6 Å². The van der Waals surface area contributed by atoms with E-state index in [1.807, 2.05) is 18.2 Å². The molecule has 0 fully saturated rings. The largest absolute Gasteiger partial charge is 0.268 e. The van der Waals surface area contributed by atoms with E-state index in [9.17, 15) is 4.79 Å². The van der Waals surface area contributed by atoms with Crippen LogP contribution in [0.4, 0.5) is 0 Å². The van der Waals surface area contributed by atoms with Crippen molar-refractivity contribution in [2.75, 3.05) is 0 Å². The fraction of sp³-hybridized carbons (Fsp3) is 0.0667. The molecule has 0 saturated heterocycles. The van der Waals surface area contributed by atoms with Crippen LogP contribution in [0.1, 0.15) is 5.82 Å². The SMILES string of the molecule is Cc1nc2ccc(I)cc2c(=O)n1-c1ccc(Cl)cc1Cl. The van der Waals surface area contributed by atoms with Crippen molar-refractivity contribution in [3.05, 3.63) is 66.2 Å². The van der Waals surface area contributed by atoms with E-state index in [1.54, 1.807) is 25.1 Å². The lowest BCUT2D eigenvalue weighted by atomic mass is 10.2. The Bertz CT molecular complexity index is 921. The van der Waals surface area contributed by atoms with Gasteiger partial charge in [-0.15, -0.1) is 0 Å². The zero-order chi connectivity index (χ0) is 15.1. The van der Waals surface area contributed by atoms with Gasteiger partial charge >= 0.3 is 0 Å². The summed E-state index contributed by atoms with van der Waals surface area (Å²) in [6, 6.07) is 10.6. The van der Waals surface area contributed by atoms with Crippen LogP contribution in [0, 0.1) is 10.5 Å². The van der Waals surface area contributed by atoms with E-state index in [4.69, 9.17) is 23.2 Å². The van der Waals surface area contributed by atoms with E-state index < -0.39 is 0 Å². The topological polar surface area (TPSA) is 34.9 Å². The van der Waals surface area contributed by atoms with Crippen LogP contribution in [-0.4, -0.2) is 9.55 Å². The molecule has 0 aliphatic rings. The van der Waals surface area contributed by atoms with Crippen molar-refractivity contribution in [3.63, 3.8) is 0 Å². The Morgan fingerprint density at radius 3 is 2.62 bits per heavy atom. The summed E-state index contributed by atoms with van der Waals surface area (Å²) in [5, 5.41) is 1.51. The minimum Gasteiger partial charge on any atom is -0.268 e. The predicted molar refractivity (Wildman–Crippen MR) is 94.8 cm³/mol. The molecule has 0 N–H and O–H groups in total. The molecule has 2 aromatic carbocycles. The van der Waals surface area contributed by atoms with Crippen molar-refractivity contribution in [1.82, 2.24) is 9.55 Å². The van der Waals surface area contributed by atoms with E-state index in [-0.39, 0.29) is 5.56 Å². The van der Waals surface area contributed by atoms with E-state index >= 15 is 0 Å². The monoisotopic (exact) mass is 430 g/mol. The van der Waals surface area contributed by atoms with E-state index in [2.05, 4.69) is 27.6 Å². The normalized spacial score (nSPS) is 11.0. The van der Waals surface area contributed by atoms with Gasteiger partial charge in [-0.2, -0.15) is 0 Å². The van der Waals surface area contributed by atoms with Crippen molar-refractivity contribution < 1.29 is 0 Å². The number of benzene rings is 2. The van der Waals surface area contributed by atoms with Crippen LogP contribution in [0.2, 0.25) is 10.0 Å². The number of aryl methyl sites for hydroxylation is 1. The summed E-state index contributed by atoms with van der Waals surface area (Å²) >= 11 is 14.3. The summed E-state index contributed by atoms with van der Waals surface area (Å²) in [6.07, 6.45) is 0. The second-order valence-corrected chi connectivity index (χ2v) is 6.65. The highest BCUT2D eigenvalue weighted by molar-refractivity contribution is 14.1. The first-order chi connectivity index (χ1) is 9.97. The van der Waals surface area contributed by atoms with Crippen LogP contribution in [0.3, 0.4) is 0 Å². The summed E-state index contributed by atoms with van der Waals surface area (Å²) in [5.74, 6) is 0.581. The van der Waals surface area contributed by atoms with Crippen LogP contribution >= 0.6 is 45.8 Å². The highest BCUT2D eigenvalue weighted by Gasteiger charge is 2.13. The second kappa shape index (κ2) is 5.59. The Balaban J connectivity index is 2.40. The van der Waals surface area contributed by atoms with Crippen molar-refractivity contribution in [2.45, 2.75) is 6.92 Å². The predicted octanol–water partition coefficient (Wildman–Crippen LogP) is 4.61. The van der Waals surface area contributed by atoms with Gasteiger partial charge in [-0.1, -0.05) is 23.2 Å². The molecule has 1 heterocycles. The molecule has 3 aromatic rings. The van der Waals surface area contributed by atoms with Crippen molar-refractivity contribution in [3.8, 4) is 5.69 Å². The van der Waals surface area contributed by atoms with Gasteiger partial charge in [0.2, 0.25) is 0 Å². The van der Waals surface area contributed by atoms with Gasteiger partial charge in [0, 0.05) is 8.59 Å². The summed E-state index contributed by atoms with van der Waals surface area (Å²) in [7, 11) is 0. The quantitative estimate of drug-likeness (QED) is 0.528. The number of nitrogens with zero attached hydrogens (tertiary/aromatic N) is 2. The maximum atomic E-state index is 12.8. The van der Waals surface area contributed by atoms with E-state index in [0.717, 1.165) is 3.57 Å². The molecule has 3 nitrogen and oxygen atoms in total. The maximum Gasteiger partial charge on any atom is 0.266 e. The Hall–Kier alpha value is -1.11. The molecule has 0 aliphatic heterocycles. The number of fused-ring (bicyclic) bond motifs is 1. The number of rotatable bonds is 1. The molecular formula is C15H9Cl2IN2O. The molecule has 0 atom stereocenters. The standard InChI is InChI=1S/C15H9Cl2IN2O/c1-8-19-13-4-3-10(18)7-11(13)15(21)20(8)14-5-2-9(16)6-12(14)17/h2-7H,1H3. The van der Waals surface area contributed by atoms with Gasteiger partial charge in [0.25, 0.3) is 5.56 Å². The van der Waals surface area contributed by atoms with Crippen LogP contribution in [0.25, 0.3) is 16.6 Å². The number of aromatic nitrogens is 2. The van der Waals surface area contributed by atoms with Crippen LogP contribution in [0.15, 0.2) is 41.2 Å². The third-order valence-corrected chi connectivity index (χ3v) is 4.36. The van der Waals surface area contributed by atoms with Crippen molar-refractivity contribution in [1.29, 1.82) is 0 Å². The summed E-state index contributed by atoms with van der Waals surface area (Å²) in [5.41, 5.74) is 1.12. The smallest absolute Gasteiger partial charge is 0.266 e. The first-order valence-corrected chi connectivity index (χ1v) is 7.95. The summed E-state index contributed by atoms with van der Waals surface area (Å²) in [6.45, 7) is 1.78. The third-order valence-electron chi connectivity index (χ3n) is 3.15. The minimum atomic E-state index is -0.139. The number of halogens is 3. The van der Waals surface area contributed by atoms with Gasteiger partial charge in [-0.25, -0.2) is 4.98 Å². The molecule has 0 spiro atoms. The highest BCUT2D eigenvalue weighted by Crippen LogP contribution is 2.25. The lowest BCUT2D eigenvalue weighted by Gasteiger charge is -2.12. The van der Waals surface area contributed by atoms with Gasteiger partial charge in [0.1, 0.15) is 5.82 Å². The second-order valence-electron chi connectivity index (χ2n) is 4.56. The molecule has 0 saturated carbocycles. The molecule has 0 radical (unpaired) electrons. The number of hydrogen-bond acceptors (Lipinski definition) is 2. The Kier molecular flexibility index (Phi) is 3.94. The highest BCUT2D eigenvalue weighted by atomic mass is 127. The molecule has 0 amide bonds. The molecule has 0 bridgehead atoms. The average molecular weight is 431 g/mol. The zero-order valence-corrected chi connectivity index (χ0v) is 14.6. The van der Waals surface area contributed by atoms with Crippen molar-refractivity contribution >= 4 is 56.7 Å². The fourth-order valence-electron chi connectivity index (χ4n) is 2.22. The Morgan fingerprint density at radius 1 is 1.14 bits per heavy atom. The van der Waals surface area contributed by atoms with Gasteiger partial charge in [0.15, 0.2) is 0 Å². The molecule has 21 heavy (non-hydrogen) atoms. The summed E-state index contributed by atoms with van der Waals surface area (Å²) < 4.78 is 2.49. The molecule has 1 aromatic heterocycles. The minimum absolute atomic E-state index is 0.139. The molecule has 0 unspecified atom stereocenters. The average Bonchev–Trinajstić information content (AvgIpc) is 2.42. The maximum absolute atomic E-state index is 12.8. The molecule has 0 aliphatic carbocycles. The molecule has 6 heteroatoms. The van der Waals surface area contributed by atoms with Crippen LogP contribution in [-0.2, 0) is 0 Å². The molecular weight excluding hydrogens is 422 g/mol. The lowest BCUT2D eigenvalue weighted by molar-refractivity contribution is 0.895. The van der Waals surface area contributed by atoms with Gasteiger partial charge in [-0.3, -0.25) is 9.36 Å². The fourth-order valence-corrected chi connectivity index (χ4v) is 3.20. The Labute approximate surface area is 144 Å². The van der Waals surface area contributed by atoms with Gasteiger partial charge in [-0.05, 0) is 65.9 Å². The van der Waals surface area contributed by atoms with E-state index in [0.29, 0.717) is 32.5 Å². The third kappa shape index (κ3) is 2.67. The Morgan fingerprint density at radius 2 is 1.90 bits per heavy atom. The van der Waals surface area contributed by atoms with Crippen molar-refractivity contribution in [2.24, 2.45) is 0 Å². The first kappa shape index (κ1) is 14.8. The van der Waals surface area contributed by atoms with Crippen LogP contribution in [0.5, 0.6) is 0 Å². The molecule has 3 rings (SSSR count).